The molecule has 0 atom stereocenters. The maximum atomic E-state index is 11.6. The highest BCUT2D eigenvalue weighted by molar-refractivity contribution is 9.10. The summed E-state index contributed by atoms with van der Waals surface area (Å²) >= 11 is 3.24. The van der Waals surface area contributed by atoms with Crippen molar-refractivity contribution in [3.05, 3.63) is 21.9 Å². The van der Waals surface area contributed by atoms with Gasteiger partial charge in [0.05, 0.1) is 13.7 Å². The highest BCUT2D eigenvalue weighted by Gasteiger charge is 2.19. The Morgan fingerprint density at radius 2 is 2.25 bits per heavy atom. The van der Waals surface area contributed by atoms with Gasteiger partial charge in [0, 0.05) is 11.8 Å². The lowest BCUT2D eigenvalue weighted by molar-refractivity contribution is 0.0594. The molecule has 0 saturated heterocycles. The van der Waals surface area contributed by atoms with Gasteiger partial charge in [-0.05, 0) is 29.3 Å². The van der Waals surface area contributed by atoms with Gasteiger partial charge in [-0.2, -0.15) is 0 Å². The number of pyridine rings is 1. The van der Waals surface area contributed by atoms with Crippen molar-refractivity contribution in [3.63, 3.8) is 0 Å². The molecule has 1 aromatic heterocycles. The predicted octanol–water partition coefficient (Wildman–Crippen LogP) is 2.73. The van der Waals surface area contributed by atoms with Gasteiger partial charge in [-0.15, -0.1) is 0 Å². The Balaban J connectivity index is 3.15. The van der Waals surface area contributed by atoms with E-state index in [1.54, 1.807) is 6.07 Å². The zero-order valence-corrected chi connectivity index (χ0v) is 11.1. The van der Waals surface area contributed by atoms with E-state index in [0.717, 1.165) is 12.1 Å². The molecule has 0 aliphatic rings. The molecule has 0 unspecified atom stereocenters. The number of aromatic nitrogens is 1. The van der Waals surface area contributed by atoms with Gasteiger partial charge >= 0.3 is 5.97 Å². The van der Waals surface area contributed by atoms with E-state index in [0.29, 0.717) is 22.5 Å². The zero-order chi connectivity index (χ0) is 12.1. The van der Waals surface area contributed by atoms with Crippen LogP contribution in [0.25, 0.3) is 0 Å². The number of rotatable bonds is 4. The fourth-order valence-electron chi connectivity index (χ4n) is 1.22. The van der Waals surface area contributed by atoms with Gasteiger partial charge in [0.2, 0.25) is 0 Å². The van der Waals surface area contributed by atoms with Crippen LogP contribution in [-0.4, -0.2) is 24.7 Å². The van der Waals surface area contributed by atoms with Crippen LogP contribution in [0.2, 0.25) is 0 Å². The standard InChI is InChI=1S/C11H14BrNO3/c1-4-5-16-8-6-7(2)13-10(12)9(8)11(14)15-3/h6H,4-5H2,1-3H3. The fourth-order valence-corrected chi connectivity index (χ4v) is 1.86. The van der Waals surface area contributed by atoms with Crippen molar-refractivity contribution >= 4 is 21.9 Å². The van der Waals surface area contributed by atoms with Gasteiger partial charge in [0.15, 0.2) is 0 Å². The third-order valence-corrected chi connectivity index (χ3v) is 2.49. The third kappa shape index (κ3) is 2.95. The average molecular weight is 288 g/mol. The summed E-state index contributed by atoms with van der Waals surface area (Å²) in [5.74, 6) is 0.0542. The molecule has 0 aromatic carbocycles. The molecule has 16 heavy (non-hydrogen) atoms. The number of esters is 1. The topological polar surface area (TPSA) is 48.4 Å². The molecule has 0 aliphatic carbocycles. The summed E-state index contributed by atoms with van der Waals surface area (Å²) in [6.45, 7) is 4.39. The lowest BCUT2D eigenvalue weighted by Gasteiger charge is -2.11. The number of ether oxygens (including phenoxy) is 2. The number of methoxy groups -OCH3 is 1. The summed E-state index contributed by atoms with van der Waals surface area (Å²) in [7, 11) is 1.33. The van der Waals surface area contributed by atoms with Crippen molar-refractivity contribution < 1.29 is 14.3 Å². The number of halogens is 1. The average Bonchev–Trinajstić information content (AvgIpc) is 2.24. The van der Waals surface area contributed by atoms with Crippen LogP contribution in [0.3, 0.4) is 0 Å². The van der Waals surface area contributed by atoms with Crippen molar-refractivity contribution in [2.75, 3.05) is 13.7 Å². The van der Waals surface area contributed by atoms with Crippen LogP contribution < -0.4 is 4.74 Å². The lowest BCUT2D eigenvalue weighted by Crippen LogP contribution is -2.09. The molecule has 1 rings (SSSR count). The Kier molecular flexibility index (Phi) is 4.73. The van der Waals surface area contributed by atoms with E-state index < -0.39 is 5.97 Å². The van der Waals surface area contributed by atoms with Crippen LogP contribution in [0.15, 0.2) is 10.7 Å². The van der Waals surface area contributed by atoms with E-state index in [-0.39, 0.29) is 0 Å². The lowest BCUT2D eigenvalue weighted by atomic mass is 10.2. The van der Waals surface area contributed by atoms with Crippen LogP contribution in [0, 0.1) is 6.92 Å². The molecule has 5 heteroatoms. The number of carbonyl (C=O) groups is 1. The molecular formula is C11H14BrNO3. The molecule has 0 amide bonds. The molecule has 88 valence electrons. The van der Waals surface area contributed by atoms with E-state index in [4.69, 9.17) is 4.74 Å². The first-order valence-corrected chi connectivity index (χ1v) is 5.77. The Bertz CT molecular complexity index is 393. The summed E-state index contributed by atoms with van der Waals surface area (Å²) in [5.41, 5.74) is 1.12. The van der Waals surface area contributed by atoms with E-state index in [9.17, 15) is 4.79 Å². The van der Waals surface area contributed by atoms with Crippen LogP contribution in [0.1, 0.15) is 29.4 Å². The number of hydrogen-bond acceptors (Lipinski definition) is 4. The molecule has 1 heterocycles. The number of hydrogen-bond donors (Lipinski definition) is 0. The van der Waals surface area contributed by atoms with Crippen molar-refractivity contribution in [1.82, 2.24) is 4.98 Å². The molecule has 0 spiro atoms. The second kappa shape index (κ2) is 5.84. The number of carbonyl (C=O) groups excluding carboxylic acids is 1. The molecule has 0 saturated carbocycles. The molecular weight excluding hydrogens is 274 g/mol. The molecule has 0 radical (unpaired) electrons. The van der Waals surface area contributed by atoms with Crippen molar-refractivity contribution in [3.8, 4) is 5.75 Å². The molecule has 4 nitrogen and oxygen atoms in total. The molecule has 0 bridgehead atoms. The maximum Gasteiger partial charge on any atom is 0.344 e. The van der Waals surface area contributed by atoms with Gasteiger partial charge < -0.3 is 9.47 Å². The molecule has 0 fully saturated rings. The van der Waals surface area contributed by atoms with Gasteiger partial charge in [-0.1, -0.05) is 6.92 Å². The maximum absolute atomic E-state index is 11.6. The highest BCUT2D eigenvalue weighted by Crippen LogP contribution is 2.27. The first-order valence-electron chi connectivity index (χ1n) is 4.98. The zero-order valence-electron chi connectivity index (χ0n) is 9.54. The van der Waals surface area contributed by atoms with Crippen LogP contribution >= 0.6 is 15.9 Å². The number of nitrogens with zero attached hydrogens (tertiary/aromatic N) is 1. The van der Waals surface area contributed by atoms with Gasteiger partial charge in [0.1, 0.15) is 15.9 Å². The first kappa shape index (κ1) is 13.0. The van der Waals surface area contributed by atoms with Crippen molar-refractivity contribution in [2.45, 2.75) is 20.3 Å². The van der Waals surface area contributed by atoms with Crippen LogP contribution in [-0.2, 0) is 4.74 Å². The molecule has 0 aliphatic heterocycles. The van der Waals surface area contributed by atoms with Crippen LogP contribution in [0.4, 0.5) is 0 Å². The van der Waals surface area contributed by atoms with Crippen LogP contribution in [0.5, 0.6) is 5.75 Å². The SMILES string of the molecule is CCCOc1cc(C)nc(Br)c1C(=O)OC. The Morgan fingerprint density at radius 3 is 2.81 bits per heavy atom. The van der Waals surface area contributed by atoms with E-state index in [1.165, 1.54) is 7.11 Å². The van der Waals surface area contributed by atoms with Gasteiger partial charge in [0.25, 0.3) is 0 Å². The Labute approximate surface area is 103 Å². The fraction of sp³-hybridized carbons (Fsp3) is 0.455. The van der Waals surface area contributed by atoms with Gasteiger partial charge in [-0.3, -0.25) is 0 Å². The summed E-state index contributed by atoms with van der Waals surface area (Å²) in [6.07, 6.45) is 0.875. The summed E-state index contributed by atoms with van der Waals surface area (Å²) in [5, 5.41) is 0. The largest absolute Gasteiger partial charge is 0.493 e. The summed E-state index contributed by atoms with van der Waals surface area (Å²) < 4.78 is 10.6. The minimum absolute atomic E-state index is 0.335. The monoisotopic (exact) mass is 287 g/mol. The second-order valence-corrected chi connectivity index (χ2v) is 4.02. The smallest absolute Gasteiger partial charge is 0.344 e. The van der Waals surface area contributed by atoms with Crippen molar-refractivity contribution in [2.24, 2.45) is 0 Å². The summed E-state index contributed by atoms with van der Waals surface area (Å²) in [4.78, 5) is 15.7. The predicted molar refractivity (Wildman–Crippen MR) is 63.8 cm³/mol. The highest BCUT2D eigenvalue weighted by atomic mass is 79.9. The third-order valence-electron chi connectivity index (χ3n) is 1.92. The second-order valence-electron chi connectivity index (χ2n) is 3.27. The number of aryl methyl sites for hydroxylation is 1. The minimum atomic E-state index is -0.453. The van der Waals surface area contributed by atoms with Crippen molar-refractivity contribution in [1.29, 1.82) is 0 Å². The van der Waals surface area contributed by atoms with Gasteiger partial charge in [-0.25, -0.2) is 9.78 Å². The Hall–Kier alpha value is -1.10. The summed E-state index contributed by atoms with van der Waals surface area (Å²) in [6, 6.07) is 1.73. The Morgan fingerprint density at radius 1 is 1.56 bits per heavy atom. The minimum Gasteiger partial charge on any atom is -0.493 e. The first-order chi connectivity index (χ1) is 7.60. The molecule has 0 N–H and O–H groups in total. The van der Waals surface area contributed by atoms with E-state index in [2.05, 4.69) is 25.7 Å². The van der Waals surface area contributed by atoms with E-state index >= 15 is 0 Å². The van der Waals surface area contributed by atoms with E-state index in [1.807, 2.05) is 13.8 Å². The molecule has 1 aromatic rings. The normalized spacial score (nSPS) is 10.0. The quantitative estimate of drug-likeness (QED) is 0.631.